The van der Waals surface area contributed by atoms with Crippen LogP contribution in [0.15, 0.2) is 41.7 Å². The molecule has 0 amide bonds. The van der Waals surface area contributed by atoms with Gasteiger partial charge in [0.05, 0.1) is 0 Å². The van der Waals surface area contributed by atoms with Gasteiger partial charge in [0, 0.05) is 44.5 Å². The molecule has 1 aromatic heterocycles. The fraction of sp³-hybridized carbons (Fsp3) is 0.524. The van der Waals surface area contributed by atoms with Crippen LogP contribution in [0.2, 0.25) is 0 Å². The molecule has 1 unspecified atom stereocenters. The van der Waals surface area contributed by atoms with Crippen molar-refractivity contribution in [1.29, 1.82) is 0 Å². The van der Waals surface area contributed by atoms with E-state index in [1.165, 1.54) is 11.1 Å². The fourth-order valence-corrected chi connectivity index (χ4v) is 2.82. The molecule has 2 rings (SSSR count). The van der Waals surface area contributed by atoms with E-state index >= 15 is 0 Å². The second kappa shape index (κ2) is 12.8. The summed E-state index contributed by atoms with van der Waals surface area (Å²) >= 11 is 0. The highest BCUT2D eigenvalue weighted by Crippen LogP contribution is 2.15. The number of nitrogens with one attached hydrogen (secondary N) is 2. The van der Waals surface area contributed by atoms with E-state index in [0.29, 0.717) is 5.92 Å². The van der Waals surface area contributed by atoms with Crippen LogP contribution < -0.4 is 10.6 Å². The molecule has 0 bridgehead atoms. The maximum absolute atomic E-state index is 4.75. The maximum Gasteiger partial charge on any atom is 0.191 e. The number of aliphatic imine (C=N–C) groups is 1. The predicted octanol–water partition coefficient (Wildman–Crippen LogP) is 4.26. The van der Waals surface area contributed by atoms with Crippen LogP contribution in [0.3, 0.4) is 0 Å². The fourth-order valence-electron chi connectivity index (χ4n) is 2.82. The summed E-state index contributed by atoms with van der Waals surface area (Å²) in [6, 6.07) is 8.74. The highest BCUT2D eigenvalue weighted by Gasteiger charge is 2.05. The third-order valence-electron chi connectivity index (χ3n) is 4.56. The van der Waals surface area contributed by atoms with Gasteiger partial charge in [-0.1, -0.05) is 36.8 Å². The number of imidazole rings is 1. The van der Waals surface area contributed by atoms with Crippen LogP contribution in [-0.4, -0.2) is 35.1 Å². The number of unbranched alkanes of at least 4 members (excludes halogenated alkanes) is 1. The van der Waals surface area contributed by atoms with Gasteiger partial charge >= 0.3 is 0 Å². The Bertz CT molecular complexity index is 678. The molecule has 2 aromatic rings. The topological polar surface area (TPSA) is 54.2 Å². The Labute approximate surface area is 181 Å². The normalized spacial score (nSPS) is 12.4. The molecule has 0 spiro atoms. The second-order valence-corrected chi connectivity index (χ2v) is 6.83. The lowest BCUT2D eigenvalue weighted by molar-refractivity contribution is 0.588. The zero-order valence-corrected chi connectivity index (χ0v) is 19.4. The van der Waals surface area contributed by atoms with Crippen LogP contribution >= 0.6 is 24.0 Å². The monoisotopic (exact) mass is 483 g/mol. The predicted molar refractivity (Wildman–Crippen MR) is 125 cm³/mol. The van der Waals surface area contributed by atoms with Crippen molar-refractivity contribution in [2.45, 2.75) is 53.0 Å². The minimum atomic E-state index is 0. The summed E-state index contributed by atoms with van der Waals surface area (Å²) < 4.78 is 2.20. The van der Waals surface area contributed by atoms with Crippen molar-refractivity contribution >= 4 is 29.9 Å². The van der Waals surface area contributed by atoms with E-state index in [1.807, 2.05) is 19.3 Å². The Hall–Kier alpha value is -1.57. The number of rotatable bonds is 9. The number of halogens is 1. The molecule has 0 aliphatic carbocycles. The quantitative estimate of drug-likeness (QED) is 0.243. The molecular formula is C21H34IN5. The van der Waals surface area contributed by atoms with E-state index in [4.69, 9.17) is 4.99 Å². The lowest BCUT2D eigenvalue weighted by atomic mass is 10.0. The summed E-state index contributed by atoms with van der Waals surface area (Å²) in [5.41, 5.74) is 2.64. The van der Waals surface area contributed by atoms with Gasteiger partial charge in [0.25, 0.3) is 0 Å². The number of benzene rings is 1. The molecule has 2 N–H and O–H groups in total. The van der Waals surface area contributed by atoms with Crippen LogP contribution in [0, 0.1) is 13.8 Å². The van der Waals surface area contributed by atoms with Gasteiger partial charge in [0.2, 0.25) is 0 Å². The number of hydrogen-bond donors (Lipinski definition) is 2. The number of aryl methyl sites for hydroxylation is 3. The van der Waals surface area contributed by atoms with Gasteiger partial charge in [-0.05, 0) is 39.2 Å². The van der Waals surface area contributed by atoms with Crippen LogP contribution in [0.1, 0.15) is 49.6 Å². The third kappa shape index (κ3) is 8.32. The van der Waals surface area contributed by atoms with Crippen molar-refractivity contribution in [1.82, 2.24) is 20.2 Å². The minimum absolute atomic E-state index is 0. The van der Waals surface area contributed by atoms with Crippen LogP contribution in [0.5, 0.6) is 0 Å². The van der Waals surface area contributed by atoms with E-state index in [2.05, 4.69) is 65.2 Å². The number of guanidine groups is 1. The zero-order valence-electron chi connectivity index (χ0n) is 17.0. The van der Waals surface area contributed by atoms with Crippen LogP contribution in [-0.2, 0) is 6.54 Å². The van der Waals surface area contributed by atoms with Crippen molar-refractivity contribution in [2.24, 2.45) is 4.99 Å². The summed E-state index contributed by atoms with van der Waals surface area (Å²) in [4.78, 5) is 9.01. The van der Waals surface area contributed by atoms with E-state index in [-0.39, 0.29) is 24.0 Å². The average molecular weight is 483 g/mol. The molecule has 0 fully saturated rings. The summed E-state index contributed by atoms with van der Waals surface area (Å²) in [5, 5.41) is 6.78. The average Bonchev–Trinajstić information content (AvgIpc) is 3.04. The highest BCUT2D eigenvalue weighted by molar-refractivity contribution is 14.0. The third-order valence-corrected chi connectivity index (χ3v) is 4.56. The molecular weight excluding hydrogens is 449 g/mol. The molecule has 5 nitrogen and oxygen atoms in total. The van der Waals surface area contributed by atoms with Crippen molar-refractivity contribution in [3.05, 3.63) is 53.6 Å². The Kier molecular flexibility index (Phi) is 11.1. The standard InChI is InChI=1S/C21H33N5.HI/c1-5-22-21(24-12-6-7-14-26-15-13-23-19(26)4)25-16-18(3)20-10-8-17(2)9-11-20;/h8-11,13,15,18H,5-7,12,14,16H2,1-4H3,(H2,22,24,25);1H. The second-order valence-electron chi connectivity index (χ2n) is 6.83. The summed E-state index contributed by atoms with van der Waals surface area (Å²) in [6.45, 7) is 12.1. The van der Waals surface area contributed by atoms with E-state index < -0.39 is 0 Å². The maximum atomic E-state index is 4.75. The Morgan fingerprint density at radius 3 is 2.52 bits per heavy atom. The van der Waals surface area contributed by atoms with E-state index in [0.717, 1.165) is 50.8 Å². The van der Waals surface area contributed by atoms with Gasteiger partial charge in [-0.2, -0.15) is 0 Å². The molecule has 6 heteroatoms. The minimum Gasteiger partial charge on any atom is -0.357 e. The molecule has 0 saturated carbocycles. The summed E-state index contributed by atoms with van der Waals surface area (Å²) in [7, 11) is 0. The SMILES string of the molecule is CCNC(=NCC(C)c1ccc(C)cc1)NCCCCn1ccnc1C.I. The van der Waals surface area contributed by atoms with Crippen molar-refractivity contribution in [3.8, 4) is 0 Å². The van der Waals surface area contributed by atoms with Crippen LogP contribution in [0.4, 0.5) is 0 Å². The zero-order chi connectivity index (χ0) is 18.8. The summed E-state index contributed by atoms with van der Waals surface area (Å²) in [6.07, 6.45) is 6.14. The number of hydrogen-bond acceptors (Lipinski definition) is 2. The van der Waals surface area contributed by atoms with Gasteiger partial charge in [-0.25, -0.2) is 4.98 Å². The molecule has 1 atom stereocenters. The molecule has 1 heterocycles. The van der Waals surface area contributed by atoms with Gasteiger partial charge in [0.15, 0.2) is 5.96 Å². The van der Waals surface area contributed by atoms with Gasteiger partial charge in [0.1, 0.15) is 5.82 Å². The molecule has 1 aromatic carbocycles. The first-order chi connectivity index (χ1) is 12.6. The van der Waals surface area contributed by atoms with Gasteiger partial charge < -0.3 is 15.2 Å². The van der Waals surface area contributed by atoms with Crippen LogP contribution in [0.25, 0.3) is 0 Å². The van der Waals surface area contributed by atoms with E-state index in [9.17, 15) is 0 Å². The molecule has 150 valence electrons. The molecule has 0 aliphatic heterocycles. The van der Waals surface area contributed by atoms with Gasteiger partial charge in [-0.3, -0.25) is 4.99 Å². The van der Waals surface area contributed by atoms with Crippen molar-refractivity contribution < 1.29 is 0 Å². The number of aromatic nitrogens is 2. The Balaban J connectivity index is 0.00000364. The molecule has 0 saturated heterocycles. The number of nitrogens with zero attached hydrogens (tertiary/aromatic N) is 3. The van der Waals surface area contributed by atoms with E-state index in [1.54, 1.807) is 0 Å². The first-order valence-corrected chi connectivity index (χ1v) is 9.66. The molecule has 27 heavy (non-hydrogen) atoms. The molecule has 0 radical (unpaired) electrons. The smallest absolute Gasteiger partial charge is 0.191 e. The Morgan fingerprint density at radius 2 is 1.89 bits per heavy atom. The summed E-state index contributed by atoms with van der Waals surface area (Å²) in [5.74, 6) is 2.40. The highest BCUT2D eigenvalue weighted by atomic mass is 127. The largest absolute Gasteiger partial charge is 0.357 e. The lowest BCUT2D eigenvalue weighted by Gasteiger charge is -2.14. The van der Waals surface area contributed by atoms with Crippen molar-refractivity contribution in [2.75, 3.05) is 19.6 Å². The first kappa shape index (κ1) is 23.5. The van der Waals surface area contributed by atoms with Gasteiger partial charge in [-0.15, -0.1) is 24.0 Å². The lowest BCUT2D eigenvalue weighted by Crippen LogP contribution is -2.38. The molecule has 0 aliphatic rings. The first-order valence-electron chi connectivity index (χ1n) is 9.66. The van der Waals surface area contributed by atoms with Crippen molar-refractivity contribution in [3.63, 3.8) is 0 Å². The Morgan fingerprint density at radius 1 is 1.15 bits per heavy atom.